The standard InChI is InChI=1S/C13H19FO2/c1-5-7-10-11(8-6-9-12(10)14)13(2,15-3)16-4/h6,8-9H,5,7H2,1-4H3. The number of methoxy groups -OCH3 is 2. The third-order valence-corrected chi connectivity index (χ3v) is 2.89. The Morgan fingerprint density at radius 1 is 1.25 bits per heavy atom. The molecule has 1 aromatic carbocycles. The number of hydrogen-bond acceptors (Lipinski definition) is 2. The van der Waals surface area contributed by atoms with Crippen LogP contribution in [0.15, 0.2) is 18.2 Å². The van der Waals surface area contributed by atoms with Gasteiger partial charge in [0, 0.05) is 19.8 Å². The third kappa shape index (κ3) is 2.42. The quantitative estimate of drug-likeness (QED) is 0.717. The van der Waals surface area contributed by atoms with E-state index in [1.807, 2.05) is 13.0 Å². The predicted octanol–water partition coefficient (Wildman–Crippen LogP) is 3.24. The van der Waals surface area contributed by atoms with Crippen LogP contribution in [0, 0.1) is 5.82 Å². The van der Waals surface area contributed by atoms with Crippen molar-refractivity contribution in [2.75, 3.05) is 14.2 Å². The average molecular weight is 226 g/mol. The lowest BCUT2D eigenvalue weighted by Gasteiger charge is -2.29. The van der Waals surface area contributed by atoms with E-state index < -0.39 is 5.79 Å². The zero-order valence-corrected chi connectivity index (χ0v) is 10.3. The number of hydrogen-bond donors (Lipinski definition) is 0. The summed E-state index contributed by atoms with van der Waals surface area (Å²) in [4.78, 5) is 0. The molecule has 0 fully saturated rings. The van der Waals surface area contributed by atoms with Gasteiger partial charge in [-0.3, -0.25) is 0 Å². The minimum atomic E-state index is -0.882. The van der Waals surface area contributed by atoms with Crippen LogP contribution in [0.5, 0.6) is 0 Å². The summed E-state index contributed by atoms with van der Waals surface area (Å²) in [7, 11) is 3.12. The van der Waals surface area contributed by atoms with Crippen molar-refractivity contribution in [1.82, 2.24) is 0 Å². The largest absolute Gasteiger partial charge is 0.349 e. The second-order valence-electron chi connectivity index (χ2n) is 3.87. The van der Waals surface area contributed by atoms with E-state index in [1.54, 1.807) is 27.2 Å². The molecule has 0 aliphatic heterocycles. The lowest BCUT2D eigenvalue weighted by atomic mass is 9.96. The molecular formula is C13H19FO2. The monoisotopic (exact) mass is 226 g/mol. The van der Waals surface area contributed by atoms with Gasteiger partial charge in [-0.2, -0.15) is 0 Å². The molecule has 0 atom stereocenters. The summed E-state index contributed by atoms with van der Waals surface area (Å²) in [5.41, 5.74) is 1.44. The molecule has 1 rings (SSSR count). The Morgan fingerprint density at radius 2 is 1.88 bits per heavy atom. The van der Waals surface area contributed by atoms with Gasteiger partial charge in [0.15, 0.2) is 5.79 Å². The van der Waals surface area contributed by atoms with Gasteiger partial charge in [-0.25, -0.2) is 4.39 Å². The number of benzene rings is 1. The fraction of sp³-hybridized carbons (Fsp3) is 0.538. The number of rotatable bonds is 5. The lowest BCUT2D eigenvalue weighted by molar-refractivity contribution is -0.202. The van der Waals surface area contributed by atoms with E-state index in [4.69, 9.17) is 9.47 Å². The normalized spacial score (nSPS) is 11.8. The molecule has 0 saturated heterocycles. The maximum Gasteiger partial charge on any atom is 0.191 e. The van der Waals surface area contributed by atoms with E-state index in [-0.39, 0.29) is 5.82 Å². The zero-order chi connectivity index (χ0) is 12.2. The minimum Gasteiger partial charge on any atom is -0.349 e. The van der Waals surface area contributed by atoms with Crippen molar-refractivity contribution < 1.29 is 13.9 Å². The fourth-order valence-electron chi connectivity index (χ4n) is 1.79. The van der Waals surface area contributed by atoms with Gasteiger partial charge in [0.25, 0.3) is 0 Å². The van der Waals surface area contributed by atoms with Crippen LogP contribution in [0.4, 0.5) is 4.39 Å². The molecule has 0 amide bonds. The first-order valence-electron chi connectivity index (χ1n) is 5.47. The molecule has 0 unspecified atom stereocenters. The molecule has 3 heteroatoms. The van der Waals surface area contributed by atoms with Gasteiger partial charge in [0.2, 0.25) is 0 Å². The number of halogens is 1. The summed E-state index contributed by atoms with van der Waals surface area (Å²) in [6, 6.07) is 5.00. The first kappa shape index (κ1) is 13.1. The summed E-state index contributed by atoms with van der Waals surface area (Å²) in [5.74, 6) is -1.08. The van der Waals surface area contributed by atoms with E-state index in [0.717, 1.165) is 12.0 Å². The van der Waals surface area contributed by atoms with Crippen molar-refractivity contribution in [1.29, 1.82) is 0 Å². The Bertz CT molecular complexity index is 346. The zero-order valence-electron chi connectivity index (χ0n) is 10.3. The first-order valence-corrected chi connectivity index (χ1v) is 5.47. The minimum absolute atomic E-state index is 0.195. The van der Waals surface area contributed by atoms with E-state index >= 15 is 0 Å². The molecule has 16 heavy (non-hydrogen) atoms. The molecular weight excluding hydrogens is 207 g/mol. The molecule has 1 aromatic rings. The third-order valence-electron chi connectivity index (χ3n) is 2.89. The van der Waals surface area contributed by atoms with Gasteiger partial charge in [-0.15, -0.1) is 0 Å². The highest BCUT2D eigenvalue weighted by atomic mass is 19.1. The Kier molecular flexibility index (Phi) is 4.44. The molecule has 0 bridgehead atoms. The van der Waals surface area contributed by atoms with Crippen LogP contribution in [-0.2, 0) is 21.7 Å². The lowest BCUT2D eigenvalue weighted by Crippen LogP contribution is -2.28. The molecule has 0 N–H and O–H groups in total. The van der Waals surface area contributed by atoms with Crippen LogP contribution in [0.3, 0.4) is 0 Å². The second-order valence-corrected chi connectivity index (χ2v) is 3.87. The average Bonchev–Trinajstić information content (AvgIpc) is 2.31. The van der Waals surface area contributed by atoms with E-state index in [0.29, 0.717) is 12.0 Å². The predicted molar refractivity (Wildman–Crippen MR) is 61.8 cm³/mol. The molecule has 0 aromatic heterocycles. The van der Waals surface area contributed by atoms with Gasteiger partial charge < -0.3 is 9.47 Å². The SMILES string of the molecule is CCCc1c(F)cccc1C(C)(OC)OC. The van der Waals surface area contributed by atoms with Gasteiger partial charge in [-0.05, 0) is 25.0 Å². The van der Waals surface area contributed by atoms with Crippen LogP contribution in [0.25, 0.3) is 0 Å². The molecule has 0 radical (unpaired) electrons. The highest BCUT2D eigenvalue weighted by Crippen LogP contribution is 2.30. The summed E-state index contributed by atoms with van der Waals surface area (Å²) in [6.07, 6.45) is 1.57. The van der Waals surface area contributed by atoms with Crippen LogP contribution in [0.1, 0.15) is 31.4 Å². The van der Waals surface area contributed by atoms with Crippen molar-refractivity contribution in [3.63, 3.8) is 0 Å². The number of ether oxygens (including phenoxy) is 2. The van der Waals surface area contributed by atoms with E-state index in [9.17, 15) is 4.39 Å². The first-order chi connectivity index (χ1) is 7.59. The molecule has 0 aliphatic rings. The van der Waals surface area contributed by atoms with Gasteiger partial charge in [0.05, 0.1) is 0 Å². The summed E-state index contributed by atoms with van der Waals surface area (Å²) in [5, 5.41) is 0. The molecule has 0 spiro atoms. The van der Waals surface area contributed by atoms with Crippen molar-refractivity contribution in [2.24, 2.45) is 0 Å². The van der Waals surface area contributed by atoms with E-state index in [1.165, 1.54) is 6.07 Å². The molecule has 0 heterocycles. The van der Waals surface area contributed by atoms with Crippen LogP contribution >= 0.6 is 0 Å². The Balaban J connectivity index is 3.26. The van der Waals surface area contributed by atoms with Crippen molar-refractivity contribution >= 4 is 0 Å². The van der Waals surface area contributed by atoms with Crippen molar-refractivity contribution in [2.45, 2.75) is 32.5 Å². The second kappa shape index (κ2) is 5.41. The molecule has 0 saturated carbocycles. The maximum atomic E-state index is 13.7. The van der Waals surface area contributed by atoms with Crippen molar-refractivity contribution in [3.8, 4) is 0 Å². The Labute approximate surface area is 96.4 Å². The maximum absolute atomic E-state index is 13.7. The van der Waals surface area contributed by atoms with Crippen molar-refractivity contribution in [3.05, 3.63) is 35.1 Å². The van der Waals surface area contributed by atoms with Gasteiger partial charge in [0.1, 0.15) is 5.82 Å². The summed E-state index contributed by atoms with van der Waals surface area (Å²) < 4.78 is 24.4. The van der Waals surface area contributed by atoms with Crippen LogP contribution < -0.4 is 0 Å². The van der Waals surface area contributed by atoms with E-state index in [2.05, 4.69) is 0 Å². The van der Waals surface area contributed by atoms with Gasteiger partial charge >= 0.3 is 0 Å². The smallest absolute Gasteiger partial charge is 0.191 e. The topological polar surface area (TPSA) is 18.5 Å². The summed E-state index contributed by atoms with van der Waals surface area (Å²) >= 11 is 0. The van der Waals surface area contributed by atoms with Gasteiger partial charge in [-0.1, -0.05) is 25.5 Å². The Morgan fingerprint density at radius 3 is 2.38 bits per heavy atom. The summed E-state index contributed by atoms with van der Waals surface area (Å²) in [6.45, 7) is 3.81. The molecule has 90 valence electrons. The molecule has 0 aliphatic carbocycles. The highest BCUT2D eigenvalue weighted by molar-refractivity contribution is 5.32. The Hall–Kier alpha value is -0.930. The fourth-order valence-corrected chi connectivity index (χ4v) is 1.79. The van der Waals surface area contributed by atoms with Crippen LogP contribution in [0.2, 0.25) is 0 Å². The highest BCUT2D eigenvalue weighted by Gasteiger charge is 2.29. The molecule has 2 nitrogen and oxygen atoms in total. The van der Waals surface area contributed by atoms with Crippen LogP contribution in [-0.4, -0.2) is 14.2 Å².